The Labute approximate surface area is 159 Å². The van der Waals surface area contributed by atoms with Gasteiger partial charge in [0.15, 0.2) is 0 Å². The van der Waals surface area contributed by atoms with Crippen molar-refractivity contribution in [1.29, 1.82) is 0 Å². The lowest BCUT2D eigenvalue weighted by Gasteiger charge is -2.34. The normalized spacial score (nSPS) is 14.0. The molecule has 1 fully saturated rings. The Kier molecular flexibility index (Phi) is 6.67. The number of amides is 2. The largest absolute Gasteiger partial charge is 0.494 e. The average Bonchev–Trinajstić information content (AvgIpc) is 2.72. The van der Waals surface area contributed by atoms with Crippen molar-refractivity contribution >= 4 is 12.0 Å². The molecule has 1 aromatic heterocycles. The van der Waals surface area contributed by atoms with E-state index in [0.717, 1.165) is 24.6 Å². The Morgan fingerprint density at radius 2 is 1.78 bits per heavy atom. The van der Waals surface area contributed by atoms with Crippen LogP contribution in [0.1, 0.15) is 6.92 Å². The van der Waals surface area contributed by atoms with Crippen molar-refractivity contribution < 1.29 is 14.3 Å². The first-order valence-corrected chi connectivity index (χ1v) is 9.16. The molecule has 0 saturated carbocycles. The number of benzene rings is 1. The van der Waals surface area contributed by atoms with E-state index < -0.39 is 0 Å². The van der Waals surface area contributed by atoms with Gasteiger partial charge in [-0.15, -0.1) is 0 Å². The fraction of sp³-hybridized carbons (Fsp3) is 0.421. The molecule has 0 spiro atoms. The number of aromatic nitrogens is 2. The first kappa shape index (κ1) is 18.8. The van der Waals surface area contributed by atoms with Crippen molar-refractivity contribution in [3.05, 3.63) is 42.7 Å². The third kappa shape index (κ3) is 5.47. The van der Waals surface area contributed by atoms with Crippen LogP contribution in [0, 0.1) is 0 Å². The van der Waals surface area contributed by atoms with E-state index in [-0.39, 0.29) is 6.03 Å². The summed E-state index contributed by atoms with van der Waals surface area (Å²) >= 11 is 0. The molecule has 0 bridgehead atoms. The summed E-state index contributed by atoms with van der Waals surface area (Å²) in [7, 11) is 0. The minimum Gasteiger partial charge on any atom is -0.494 e. The van der Waals surface area contributed by atoms with Gasteiger partial charge in [-0.3, -0.25) is 0 Å². The molecule has 0 unspecified atom stereocenters. The summed E-state index contributed by atoms with van der Waals surface area (Å²) in [5.41, 5.74) is 0. The summed E-state index contributed by atoms with van der Waals surface area (Å²) in [6.07, 6.45) is 3.46. The maximum atomic E-state index is 12.3. The predicted octanol–water partition coefficient (Wildman–Crippen LogP) is 1.79. The molecule has 1 aliphatic heterocycles. The van der Waals surface area contributed by atoms with Gasteiger partial charge in [-0.25, -0.2) is 14.8 Å². The van der Waals surface area contributed by atoms with E-state index in [4.69, 9.17) is 9.47 Å². The molecule has 3 rings (SSSR count). The third-order valence-electron chi connectivity index (χ3n) is 4.17. The molecule has 0 radical (unpaired) electrons. The summed E-state index contributed by atoms with van der Waals surface area (Å²) in [5, 5.41) is 2.90. The van der Waals surface area contributed by atoms with Gasteiger partial charge < -0.3 is 24.6 Å². The molecule has 144 valence electrons. The quantitative estimate of drug-likeness (QED) is 0.748. The Bertz CT molecular complexity index is 720. The van der Waals surface area contributed by atoms with Crippen LogP contribution < -0.4 is 19.7 Å². The van der Waals surface area contributed by atoms with Gasteiger partial charge in [-0.05, 0) is 25.1 Å². The highest BCUT2D eigenvalue weighted by atomic mass is 16.5. The van der Waals surface area contributed by atoms with E-state index >= 15 is 0 Å². The van der Waals surface area contributed by atoms with Gasteiger partial charge in [-0.1, -0.05) is 6.07 Å². The lowest BCUT2D eigenvalue weighted by atomic mass is 10.3. The molecule has 8 heteroatoms. The Morgan fingerprint density at radius 1 is 1.07 bits per heavy atom. The van der Waals surface area contributed by atoms with E-state index in [2.05, 4.69) is 20.2 Å². The van der Waals surface area contributed by atoms with Crippen LogP contribution in [0.15, 0.2) is 42.7 Å². The third-order valence-corrected chi connectivity index (χ3v) is 4.17. The molecule has 2 aromatic rings. The van der Waals surface area contributed by atoms with Crippen molar-refractivity contribution in [2.24, 2.45) is 0 Å². The van der Waals surface area contributed by atoms with Crippen molar-refractivity contribution in [2.75, 3.05) is 50.8 Å². The standard InChI is InChI=1S/C19H25N5O3/c1-2-26-16-5-3-6-17(15-16)27-14-9-22-19(25)24-12-10-23(11-13-24)18-20-7-4-8-21-18/h3-8,15H,2,9-14H2,1H3,(H,22,25). The smallest absolute Gasteiger partial charge is 0.317 e. The second-order valence-corrected chi connectivity index (χ2v) is 6.01. The molecule has 1 aliphatic rings. The lowest BCUT2D eigenvalue weighted by Crippen LogP contribution is -2.52. The van der Waals surface area contributed by atoms with Crippen molar-refractivity contribution in [3.8, 4) is 11.5 Å². The van der Waals surface area contributed by atoms with Crippen LogP contribution >= 0.6 is 0 Å². The SMILES string of the molecule is CCOc1cccc(OCCNC(=O)N2CCN(c3ncccn3)CC2)c1. The Morgan fingerprint density at radius 3 is 2.48 bits per heavy atom. The molecule has 8 nitrogen and oxygen atoms in total. The van der Waals surface area contributed by atoms with Gasteiger partial charge in [0, 0.05) is 44.6 Å². The molecule has 27 heavy (non-hydrogen) atoms. The molecular formula is C19H25N5O3. The molecule has 1 N–H and O–H groups in total. The lowest BCUT2D eigenvalue weighted by molar-refractivity contribution is 0.191. The zero-order chi connectivity index (χ0) is 18.9. The minimum atomic E-state index is -0.0738. The average molecular weight is 371 g/mol. The highest BCUT2D eigenvalue weighted by Crippen LogP contribution is 2.19. The van der Waals surface area contributed by atoms with Gasteiger partial charge >= 0.3 is 6.03 Å². The van der Waals surface area contributed by atoms with Crippen molar-refractivity contribution in [1.82, 2.24) is 20.2 Å². The van der Waals surface area contributed by atoms with E-state index in [1.807, 2.05) is 31.2 Å². The second kappa shape index (κ2) is 9.61. The molecule has 2 amide bonds. The fourth-order valence-corrected chi connectivity index (χ4v) is 2.82. The minimum absolute atomic E-state index is 0.0738. The molecule has 2 heterocycles. The van der Waals surface area contributed by atoms with Crippen LogP contribution in [0.5, 0.6) is 11.5 Å². The highest BCUT2D eigenvalue weighted by molar-refractivity contribution is 5.74. The maximum absolute atomic E-state index is 12.3. The van der Waals surface area contributed by atoms with Crippen LogP contribution in [0.25, 0.3) is 0 Å². The second-order valence-electron chi connectivity index (χ2n) is 6.01. The summed E-state index contributed by atoms with van der Waals surface area (Å²) in [6.45, 7) is 6.12. The van der Waals surface area contributed by atoms with Gasteiger partial charge in [0.2, 0.25) is 5.95 Å². The first-order valence-electron chi connectivity index (χ1n) is 9.16. The zero-order valence-corrected chi connectivity index (χ0v) is 15.5. The number of urea groups is 1. The molecule has 1 aromatic carbocycles. The van der Waals surface area contributed by atoms with Gasteiger partial charge in [0.05, 0.1) is 13.2 Å². The number of hydrogen-bond acceptors (Lipinski definition) is 6. The van der Waals surface area contributed by atoms with E-state index in [1.165, 1.54) is 0 Å². The van der Waals surface area contributed by atoms with Crippen LogP contribution in [0.2, 0.25) is 0 Å². The summed E-state index contributed by atoms with van der Waals surface area (Å²) in [4.78, 5) is 24.7. The highest BCUT2D eigenvalue weighted by Gasteiger charge is 2.22. The number of nitrogens with one attached hydrogen (secondary N) is 1. The number of anilines is 1. The van der Waals surface area contributed by atoms with Crippen LogP contribution in [-0.4, -0.2) is 66.8 Å². The zero-order valence-electron chi connectivity index (χ0n) is 15.5. The van der Waals surface area contributed by atoms with E-state index in [0.29, 0.717) is 38.8 Å². The maximum Gasteiger partial charge on any atom is 0.317 e. The topological polar surface area (TPSA) is 79.8 Å². The van der Waals surface area contributed by atoms with E-state index in [1.54, 1.807) is 23.4 Å². The van der Waals surface area contributed by atoms with E-state index in [9.17, 15) is 4.79 Å². The van der Waals surface area contributed by atoms with Crippen molar-refractivity contribution in [2.45, 2.75) is 6.92 Å². The summed E-state index contributed by atoms with van der Waals surface area (Å²) < 4.78 is 11.1. The predicted molar refractivity (Wildman–Crippen MR) is 102 cm³/mol. The fourth-order valence-electron chi connectivity index (χ4n) is 2.82. The summed E-state index contributed by atoms with van der Waals surface area (Å²) in [6, 6.07) is 9.20. The molecule has 0 aliphatic carbocycles. The number of carbonyl (C=O) groups excluding carboxylic acids is 1. The molecular weight excluding hydrogens is 346 g/mol. The summed E-state index contributed by atoms with van der Waals surface area (Å²) in [5.74, 6) is 2.21. The van der Waals surface area contributed by atoms with Crippen LogP contribution in [0.3, 0.4) is 0 Å². The van der Waals surface area contributed by atoms with Gasteiger partial charge in [0.1, 0.15) is 18.1 Å². The van der Waals surface area contributed by atoms with Crippen LogP contribution in [-0.2, 0) is 0 Å². The number of hydrogen-bond donors (Lipinski definition) is 1. The van der Waals surface area contributed by atoms with Gasteiger partial charge in [-0.2, -0.15) is 0 Å². The number of piperazine rings is 1. The van der Waals surface area contributed by atoms with Gasteiger partial charge in [0.25, 0.3) is 0 Å². The molecule has 0 atom stereocenters. The number of ether oxygens (including phenoxy) is 2. The number of nitrogens with zero attached hydrogens (tertiary/aromatic N) is 4. The monoisotopic (exact) mass is 371 g/mol. The first-order chi connectivity index (χ1) is 13.3. The molecule has 1 saturated heterocycles. The Balaban J connectivity index is 1.36. The number of rotatable bonds is 7. The van der Waals surface area contributed by atoms with Crippen LogP contribution in [0.4, 0.5) is 10.7 Å². The number of carbonyl (C=O) groups is 1. The Hall–Kier alpha value is -3.03. The van der Waals surface area contributed by atoms with Crippen molar-refractivity contribution in [3.63, 3.8) is 0 Å².